The number of pyridine rings is 1. The van der Waals surface area contributed by atoms with E-state index < -0.39 is 0 Å². The Morgan fingerprint density at radius 3 is 2.65 bits per heavy atom. The smallest absolute Gasteiger partial charge is 0.146 e. The molecule has 6 rings (SSSR count). The normalized spacial score (nSPS) is 26.6. The highest BCUT2D eigenvalue weighted by Gasteiger charge is 2.40. The molecule has 3 aromatic rings. The minimum absolute atomic E-state index is 0.0873. The van der Waals surface area contributed by atoms with Crippen LogP contribution in [0.25, 0.3) is 10.9 Å². The first kappa shape index (κ1) is 21.3. The van der Waals surface area contributed by atoms with Crippen LogP contribution in [0.1, 0.15) is 36.6 Å². The van der Waals surface area contributed by atoms with Gasteiger partial charge in [0.05, 0.1) is 22.8 Å². The van der Waals surface area contributed by atoms with Gasteiger partial charge in [-0.1, -0.05) is 6.92 Å². The van der Waals surface area contributed by atoms with Crippen LogP contribution >= 0.6 is 0 Å². The fourth-order valence-electron chi connectivity index (χ4n) is 6.08. The van der Waals surface area contributed by atoms with Gasteiger partial charge in [0, 0.05) is 62.1 Å². The van der Waals surface area contributed by atoms with Gasteiger partial charge in [0.25, 0.3) is 0 Å². The van der Waals surface area contributed by atoms with E-state index in [1.165, 1.54) is 5.56 Å². The van der Waals surface area contributed by atoms with E-state index in [2.05, 4.69) is 45.7 Å². The summed E-state index contributed by atoms with van der Waals surface area (Å²) in [6, 6.07) is 14.4. The molecule has 2 fully saturated rings. The highest BCUT2D eigenvalue weighted by molar-refractivity contribution is 5.95. The van der Waals surface area contributed by atoms with Gasteiger partial charge in [0.15, 0.2) is 0 Å². The van der Waals surface area contributed by atoms with Gasteiger partial charge in [-0.25, -0.2) is 4.39 Å². The zero-order valence-corrected chi connectivity index (χ0v) is 19.6. The van der Waals surface area contributed by atoms with E-state index in [0.717, 1.165) is 48.3 Å². The molecule has 0 aliphatic carbocycles. The van der Waals surface area contributed by atoms with E-state index in [9.17, 15) is 5.26 Å². The van der Waals surface area contributed by atoms with E-state index in [-0.39, 0.29) is 17.9 Å². The Bertz CT molecular complexity index is 1310. The summed E-state index contributed by atoms with van der Waals surface area (Å²) in [6.45, 7) is 8.36. The summed E-state index contributed by atoms with van der Waals surface area (Å²) < 4.78 is 15.4. The number of benzene rings is 2. The van der Waals surface area contributed by atoms with Gasteiger partial charge in [-0.2, -0.15) is 5.26 Å². The Morgan fingerprint density at radius 1 is 1.06 bits per heavy atom. The van der Waals surface area contributed by atoms with E-state index in [1.54, 1.807) is 12.3 Å². The lowest BCUT2D eigenvalue weighted by molar-refractivity contribution is 0.134. The molecule has 34 heavy (non-hydrogen) atoms. The minimum atomic E-state index is -0.153. The van der Waals surface area contributed by atoms with Crippen LogP contribution in [0.5, 0.6) is 0 Å². The molecule has 0 amide bonds. The van der Waals surface area contributed by atoms with Crippen molar-refractivity contribution >= 4 is 22.3 Å². The molecule has 174 valence electrons. The number of nitrogens with two attached hydrogens (primary N) is 1. The zero-order valence-electron chi connectivity index (χ0n) is 19.6. The first-order valence-electron chi connectivity index (χ1n) is 12.1. The number of aromatic nitrogens is 1. The van der Waals surface area contributed by atoms with Crippen molar-refractivity contribution in [1.82, 2.24) is 9.88 Å². The summed E-state index contributed by atoms with van der Waals surface area (Å²) in [7, 11) is 0. The molecule has 0 bridgehead atoms. The maximum atomic E-state index is 15.4. The number of fused-ring (bicyclic) bond motifs is 4. The first-order valence-corrected chi connectivity index (χ1v) is 12.1. The molecule has 4 heterocycles. The maximum absolute atomic E-state index is 15.4. The molecule has 0 radical (unpaired) electrons. The molecule has 3 aliphatic rings. The van der Waals surface area contributed by atoms with Gasteiger partial charge >= 0.3 is 0 Å². The second-order valence-electron chi connectivity index (χ2n) is 10.1. The van der Waals surface area contributed by atoms with Crippen molar-refractivity contribution in [2.45, 2.75) is 38.5 Å². The molecular weight excluding hydrogens is 427 g/mol. The van der Waals surface area contributed by atoms with Gasteiger partial charge in [-0.05, 0) is 60.4 Å². The molecule has 0 spiro atoms. The Labute approximate surface area is 199 Å². The molecule has 2 N–H and O–H groups in total. The van der Waals surface area contributed by atoms with E-state index >= 15 is 4.39 Å². The summed E-state index contributed by atoms with van der Waals surface area (Å²) in [6.07, 6.45) is 1.73. The highest BCUT2D eigenvalue weighted by atomic mass is 19.1. The standard InChI is InChI=1S/C27H29FN6/c1-16-11-32(14-23(16)30)25-8-19-13-34-17(2)12-33(15-26(34)21(19)9-22(25)28)24-6-5-18(10-29)27-20(24)4-3-7-31-27/h3-9,16-17,23,26H,11-15,30H2,1-2H3. The molecule has 4 unspecified atom stereocenters. The third-order valence-corrected chi connectivity index (χ3v) is 7.98. The number of piperazine rings is 1. The summed E-state index contributed by atoms with van der Waals surface area (Å²) in [5, 5.41) is 10.5. The van der Waals surface area contributed by atoms with E-state index in [0.29, 0.717) is 29.8 Å². The lowest BCUT2D eigenvalue weighted by atomic mass is 9.99. The van der Waals surface area contributed by atoms with E-state index in [4.69, 9.17) is 5.73 Å². The number of hydrogen-bond donors (Lipinski definition) is 1. The zero-order chi connectivity index (χ0) is 23.6. The lowest BCUT2D eigenvalue weighted by Gasteiger charge is -2.43. The highest BCUT2D eigenvalue weighted by Crippen LogP contribution is 2.43. The van der Waals surface area contributed by atoms with Gasteiger partial charge in [-0.15, -0.1) is 0 Å². The molecule has 7 heteroatoms. The van der Waals surface area contributed by atoms with Crippen LogP contribution in [0.3, 0.4) is 0 Å². The Kier molecular flexibility index (Phi) is 4.98. The minimum Gasteiger partial charge on any atom is -0.368 e. The van der Waals surface area contributed by atoms with Crippen LogP contribution < -0.4 is 15.5 Å². The molecule has 2 aromatic carbocycles. The Morgan fingerprint density at radius 2 is 1.88 bits per heavy atom. The average Bonchev–Trinajstić information content (AvgIpc) is 3.37. The summed E-state index contributed by atoms with van der Waals surface area (Å²) in [5.74, 6) is 0.212. The number of rotatable bonds is 2. The van der Waals surface area contributed by atoms with Crippen molar-refractivity contribution in [1.29, 1.82) is 5.26 Å². The molecule has 1 aromatic heterocycles. The number of hydrogen-bond acceptors (Lipinski definition) is 6. The lowest BCUT2D eigenvalue weighted by Crippen LogP contribution is -2.51. The number of nitrogens with zero attached hydrogens (tertiary/aromatic N) is 5. The van der Waals surface area contributed by atoms with Crippen molar-refractivity contribution < 1.29 is 4.39 Å². The molecular formula is C27H29FN6. The second-order valence-corrected chi connectivity index (χ2v) is 10.1. The van der Waals surface area contributed by atoms with Crippen molar-refractivity contribution in [2.75, 3.05) is 36.0 Å². The van der Waals surface area contributed by atoms with Gasteiger partial charge < -0.3 is 15.5 Å². The fraction of sp³-hybridized carbons (Fsp3) is 0.407. The quantitative estimate of drug-likeness (QED) is 0.633. The second kappa shape index (κ2) is 7.93. The van der Waals surface area contributed by atoms with Crippen LogP contribution in [0.2, 0.25) is 0 Å². The van der Waals surface area contributed by atoms with Crippen molar-refractivity contribution in [3.05, 3.63) is 65.1 Å². The largest absolute Gasteiger partial charge is 0.368 e. The third-order valence-electron chi connectivity index (χ3n) is 7.98. The first-order chi connectivity index (χ1) is 16.4. The molecule has 6 nitrogen and oxygen atoms in total. The molecule has 4 atom stereocenters. The monoisotopic (exact) mass is 456 g/mol. The molecule has 0 saturated carbocycles. The van der Waals surface area contributed by atoms with Crippen molar-refractivity contribution in [3.8, 4) is 6.07 Å². The summed E-state index contributed by atoms with van der Waals surface area (Å²) in [4.78, 5) is 11.4. The van der Waals surface area contributed by atoms with Crippen LogP contribution in [-0.2, 0) is 6.54 Å². The van der Waals surface area contributed by atoms with Gasteiger partial charge in [0.1, 0.15) is 11.9 Å². The predicted molar refractivity (Wildman–Crippen MR) is 132 cm³/mol. The predicted octanol–water partition coefficient (Wildman–Crippen LogP) is 3.79. The topological polar surface area (TPSA) is 72.4 Å². The van der Waals surface area contributed by atoms with Crippen molar-refractivity contribution in [3.63, 3.8) is 0 Å². The average molecular weight is 457 g/mol. The number of nitriles is 1. The Hall–Kier alpha value is -3.21. The van der Waals surface area contributed by atoms with Gasteiger partial charge in [0.2, 0.25) is 0 Å². The fourth-order valence-corrected chi connectivity index (χ4v) is 6.08. The van der Waals surface area contributed by atoms with Crippen LogP contribution in [-0.4, -0.2) is 48.1 Å². The SMILES string of the molecule is CC1CN(c2cc3c(cc2F)C2CN(c4ccc(C#N)c5ncccc45)CC(C)N2C3)CC1N. The van der Waals surface area contributed by atoms with Crippen LogP contribution in [0.4, 0.5) is 15.8 Å². The molecule has 2 saturated heterocycles. The Balaban J connectivity index is 1.35. The van der Waals surface area contributed by atoms with Crippen LogP contribution in [0, 0.1) is 23.1 Å². The third kappa shape index (κ3) is 3.24. The van der Waals surface area contributed by atoms with E-state index in [1.807, 2.05) is 24.3 Å². The van der Waals surface area contributed by atoms with Crippen LogP contribution in [0.15, 0.2) is 42.6 Å². The molecule has 3 aliphatic heterocycles. The maximum Gasteiger partial charge on any atom is 0.146 e. The number of halogens is 1. The van der Waals surface area contributed by atoms with Crippen molar-refractivity contribution in [2.24, 2.45) is 11.7 Å². The summed E-state index contributed by atoms with van der Waals surface area (Å²) >= 11 is 0. The summed E-state index contributed by atoms with van der Waals surface area (Å²) in [5.41, 5.74) is 11.6. The van der Waals surface area contributed by atoms with Gasteiger partial charge in [-0.3, -0.25) is 9.88 Å². The number of anilines is 2.